The molecule has 2 aromatic carbocycles. The van der Waals surface area contributed by atoms with Crippen molar-refractivity contribution in [3.8, 4) is 11.5 Å². The fourth-order valence-corrected chi connectivity index (χ4v) is 2.21. The largest absolute Gasteiger partial charge is 0.493 e. The van der Waals surface area contributed by atoms with Crippen LogP contribution in [0.5, 0.6) is 11.5 Å². The number of nitrogens with one attached hydrogen (secondary N) is 1. The molecule has 6 heteroatoms. The first-order valence-corrected chi connectivity index (χ1v) is 6.89. The molecule has 0 aliphatic carbocycles. The summed E-state index contributed by atoms with van der Waals surface area (Å²) in [4.78, 5) is 0. The molecule has 2 rings (SSSR count). The van der Waals surface area contributed by atoms with Gasteiger partial charge in [0.25, 0.3) is 0 Å². The van der Waals surface area contributed by atoms with Crippen molar-refractivity contribution in [1.29, 1.82) is 5.41 Å². The van der Waals surface area contributed by atoms with Gasteiger partial charge in [0.1, 0.15) is 18.3 Å². The lowest BCUT2D eigenvalue weighted by molar-refractivity contribution is 0.284. The van der Waals surface area contributed by atoms with E-state index in [0.29, 0.717) is 21.5 Å². The Kier molecular flexibility index (Phi) is 4.80. The highest BCUT2D eigenvalue weighted by Crippen LogP contribution is 2.29. The van der Waals surface area contributed by atoms with Crippen molar-refractivity contribution in [3.05, 3.63) is 57.8 Å². The summed E-state index contributed by atoms with van der Waals surface area (Å²) in [5.74, 6) is 0.662. The molecule has 0 radical (unpaired) electrons. The second-order valence-corrected chi connectivity index (χ2v) is 5.16. The molecule has 4 nitrogen and oxygen atoms in total. The summed E-state index contributed by atoms with van der Waals surface area (Å²) < 4.78 is 24.6. The van der Waals surface area contributed by atoms with Gasteiger partial charge in [-0.3, -0.25) is 5.41 Å². The maximum absolute atomic E-state index is 13.0. The fourth-order valence-electron chi connectivity index (χ4n) is 1.75. The molecule has 110 valence electrons. The summed E-state index contributed by atoms with van der Waals surface area (Å²) in [5.41, 5.74) is 6.80. The van der Waals surface area contributed by atoms with E-state index in [0.717, 1.165) is 5.56 Å². The molecule has 2 aromatic rings. The zero-order valence-electron chi connectivity index (χ0n) is 11.3. The highest BCUT2D eigenvalue weighted by molar-refractivity contribution is 9.10. The zero-order valence-corrected chi connectivity index (χ0v) is 12.9. The van der Waals surface area contributed by atoms with Crippen LogP contribution < -0.4 is 15.2 Å². The molecule has 0 spiro atoms. The Morgan fingerprint density at radius 1 is 1.24 bits per heavy atom. The molecule has 0 fully saturated rings. The van der Waals surface area contributed by atoms with Crippen molar-refractivity contribution >= 4 is 21.8 Å². The topological polar surface area (TPSA) is 68.3 Å². The lowest BCUT2D eigenvalue weighted by Crippen LogP contribution is -2.11. The van der Waals surface area contributed by atoms with Gasteiger partial charge in [0, 0.05) is 15.6 Å². The molecule has 0 saturated heterocycles. The van der Waals surface area contributed by atoms with Crippen LogP contribution >= 0.6 is 15.9 Å². The molecule has 0 aromatic heterocycles. The van der Waals surface area contributed by atoms with E-state index in [1.54, 1.807) is 24.3 Å². The highest BCUT2D eigenvalue weighted by Gasteiger charge is 2.09. The Bertz CT molecular complexity index is 677. The van der Waals surface area contributed by atoms with Gasteiger partial charge in [-0.2, -0.15) is 0 Å². The van der Waals surface area contributed by atoms with Gasteiger partial charge in [-0.1, -0.05) is 22.0 Å². The minimum absolute atomic E-state index is 0.0406. The number of hydrogen-bond donors (Lipinski definition) is 2. The van der Waals surface area contributed by atoms with E-state index < -0.39 is 0 Å². The number of rotatable bonds is 5. The SMILES string of the molecule is COc1cc(C(=N)N)ccc1OCc1ccc(F)cc1Br. The lowest BCUT2D eigenvalue weighted by Gasteiger charge is -2.12. The van der Waals surface area contributed by atoms with E-state index in [1.807, 2.05) is 0 Å². The molecule has 0 aliphatic heterocycles. The van der Waals surface area contributed by atoms with E-state index in [1.165, 1.54) is 19.2 Å². The van der Waals surface area contributed by atoms with E-state index in [2.05, 4.69) is 15.9 Å². The van der Waals surface area contributed by atoms with Crippen molar-refractivity contribution in [2.24, 2.45) is 5.73 Å². The van der Waals surface area contributed by atoms with E-state index >= 15 is 0 Å². The predicted molar refractivity (Wildman–Crippen MR) is 82.4 cm³/mol. The van der Waals surface area contributed by atoms with Crippen molar-refractivity contribution in [3.63, 3.8) is 0 Å². The van der Waals surface area contributed by atoms with Gasteiger partial charge in [0.15, 0.2) is 11.5 Å². The minimum Gasteiger partial charge on any atom is -0.493 e. The Balaban J connectivity index is 2.17. The summed E-state index contributed by atoms with van der Waals surface area (Å²) in [6.07, 6.45) is 0. The van der Waals surface area contributed by atoms with Gasteiger partial charge in [0.2, 0.25) is 0 Å². The predicted octanol–water partition coefficient (Wildman–Crippen LogP) is 3.46. The van der Waals surface area contributed by atoms with Crippen LogP contribution in [0.2, 0.25) is 0 Å². The molecule has 0 bridgehead atoms. The highest BCUT2D eigenvalue weighted by atomic mass is 79.9. The first-order chi connectivity index (χ1) is 10.0. The number of hydrogen-bond acceptors (Lipinski definition) is 3. The monoisotopic (exact) mass is 352 g/mol. The average molecular weight is 353 g/mol. The van der Waals surface area contributed by atoms with Gasteiger partial charge in [0.05, 0.1) is 7.11 Å². The summed E-state index contributed by atoms with van der Waals surface area (Å²) in [6, 6.07) is 9.41. The second kappa shape index (κ2) is 6.58. The molecule has 0 atom stereocenters. The number of nitrogens with two attached hydrogens (primary N) is 1. The smallest absolute Gasteiger partial charge is 0.161 e. The summed E-state index contributed by atoms with van der Waals surface area (Å²) >= 11 is 3.29. The van der Waals surface area contributed by atoms with Gasteiger partial charge >= 0.3 is 0 Å². The van der Waals surface area contributed by atoms with Crippen molar-refractivity contribution < 1.29 is 13.9 Å². The zero-order chi connectivity index (χ0) is 15.4. The molecule has 0 saturated carbocycles. The average Bonchev–Trinajstić information content (AvgIpc) is 2.46. The molecule has 0 aliphatic rings. The van der Waals surface area contributed by atoms with E-state index in [9.17, 15) is 4.39 Å². The second-order valence-electron chi connectivity index (χ2n) is 4.30. The quantitative estimate of drug-likeness (QED) is 0.639. The van der Waals surface area contributed by atoms with Crippen molar-refractivity contribution in [2.45, 2.75) is 6.61 Å². The maximum atomic E-state index is 13.0. The lowest BCUT2D eigenvalue weighted by atomic mass is 10.2. The molecule has 0 heterocycles. The number of ether oxygens (including phenoxy) is 2. The summed E-state index contributed by atoms with van der Waals surface area (Å²) in [6.45, 7) is 0.261. The van der Waals surface area contributed by atoms with E-state index in [4.69, 9.17) is 20.6 Å². The Morgan fingerprint density at radius 3 is 2.62 bits per heavy atom. The first-order valence-electron chi connectivity index (χ1n) is 6.10. The van der Waals surface area contributed by atoms with Crippen LogP contribution in [0.3, 0.4) is 0 Å². The molecule has 0 unspecified atom stereocenters. The standard InChI is InChI=1S/C15H14BrFN2O2/c1-20-14-6-9(15(18)19)3-5-13(14)21-8-10-2-4-11(17)7-12(10)16/h2-7H,8H2,1H3,(H3,18,19). The maximum Gasteiger partial charge on any atom is 0.161 e. The summed E-state index contributed by atoms with van der Waals surface area (Å²) in [7, 11) is 1.51. The third kappa shape index (κ3) is 3.72. The molecular formula is C15H14BrFN2O2. The molecule has 0 amide bonds. The van der Waals surface area contributed by atoms with Gasteiger partial charge < -0.3 is 15.2 Å². The summed E-state index contributed by atoms with van der Waals surface area (Å²) in [5, 5.41) is 7.40. The normalized spacial score (nSPS) is 10.2. The Labute approximate surface area is 130 Å². The van der Waals surface area contributed by atoms with Gasteiger partial charge in [-0.15, -0.1) is 0 Å². The van der Waals surface area contributed by atoms with Crippen LogP contribution in [-0.4, -0.2) is 12.9 Å². The third-order valence-corrected chi connectivity index (χ3v) is 3.61. The van der Waals surface area contributed by atoms with Crippen LogP contribution in [0.1, 0.15) is 11.1 Å². The van der Waals surface area contributed by atoms with Crippen LogP contribution in [0.15, 0.2) is 40.9 Å². The molecule has 3 N–H and O–H groups in total. The number of methoxy groups -OCH3 is 1. The Morgan fingerprint density at radius 2 is 2.00 bits per heavy atom. The number of benzene rings is 2. The van der Waals surface area contributed by atoms with Crippen molar-refractivity contribution in [1.82, 2.24) is 0 Å². The molecular weight excluding hydrogens is 339 g/mol. The van der Waals surface area contributed by atoms with Crippen LogP contribution in [0, 0.1) is 11.2 Å². The molecule has 21 heavy (non-hydrogen) atoms. The Hall–Kier alpha value is -2.08. The van der Waals surface area contributed by atoms with Gasteiger partial charge in [-0.25, -0.2) is 4.39 Å². The van der Waals surface area contributed by atoms with Crippen LogP contribution in [0.4, 0.5) is 4.39 Å². The number of halogens is 2. The number of nitrogen functional groups attached to an aromatic ring is 1. The van der Waals surface area contributed by atoms with Crippen molar-refractivity contribution in [2.75, 3.05) is 7.11 Å². The van der Waals surface area contributed by atoms with E-state index in [-0.39, 0.29) is 18.3 Å². The third-order valence-electron chi connectivity index (χ3n) is 2.87. The van der Waals surface area contributed by atoms with Crippen LogP contribution in [-0.2, 0) is 6.61 Å². The number of amidine groups is 1. The van der Waals surface area contributed by atoms with Crippen LogP contribution in [0.25, 0.3) is 0 Å². The van der Waals surface area contributed by atoms with Gasteiger partial charge in [-0.05, 0) is 30.3 Å². The fraction of sp³-hybridized carbons (Fsp3) is 0.133. The minimum atomic E-state index is -0.311. The first kappa shape index (κ1) is 15.3.